The lowest BCUT2D eigenvalue weighted by molar-refractivity contribution is -0.142. The van der Waals surface area contributed by atoms with Crippen molar-refractivity contribution in [1.29, 1.82) is 0 Å². The highest BCUT2D eigenvalue weighted by atomic mass is 16.4. The average Bonchev–Trinajstić information content (AvgIpc) is 3.88. The van der Waals surface area contributed by atoms with Crippen molar-refractivity contribution in [3.63, 3.8) is 0 Å². The van der Waals surface area contributed by atoms with Gasteiger partial charge in [0.2, 0.25) is 41.4 Å². The summed E-state index contributed by atoms with van der Waals surface area (Å²) in [4.78, 5) is 107. The lowest BCUT2D eigenvalue weighted by Crippen LogP contribution is -2.55. The molecule has 5 atom stereocenters. The van der Waals surface area contributed by atoms with Gasteiger partial charge in [0.25, 0.3) is 0 Å². The highest BCUT2D eigenvalue weighted by molar-refractivity contribution is 5.96. The molecule has 20 nitrogen and oxygen atoms in total. The lowest BCUT2D eigenvalue weighted by atomic mass is 10.1. The molecule has 0 aromatic carbocycles. The Kier molecular flexibility index (Phi) is 15.2. The van der Waals surface area contributed by atoms with Crippen molar-refractivity contribution < 1.29 is 43.5 Å². The number of nitrogens with zero attached hydrogens (tertiary/aromatic N) is 3. The Balaban J connectivity index is 1.47. The molecule has 0 unspecified atom stereocenters. The minimum absolute atomic E-state index is 0.0968. The molecule has 0 bridgehead atoms. The van der Waals surface area contributed by atoms with E-state index in [0.29, 0.717) is 45.1 Å². The molecular weight excluding hydrogens is 658 g/mol. The van der Waals surface area contributed by atoms with E-state index in [2.05, 4.69) is 36.9 Å². The average molecular weight is 708 g/mol. The Morgan fingerprint density at radius 2 is 1.46 bits per heavy atom. The predicted octanol–water partition coefficient (Wildman–Crippen LogP) is -4.80. The second-order valence-electron chi connectivity index (χ2n) is 12.4. The molecule has 0 saturated carbocycles. The van der Waals surface area contributed by atoms with Gasteiger partial charge in [0.15, 0.2) is 5.96 Å². The summed E-state index contributed by atoms with van der Waals surface area (Å²) >= 11 is 0. The summed E-state index contributed by atoms with van der Waals surface area (Å²) in [6.07, 6.45) is 3.82. The van der Waals surface area contributed by atoms with E-state index in [9.17, 15) is 38.4 Å². The van der Waals surface area contributed by atoms with Crippen LogP contribution in [0, 0.1) is 0 Å². The number of carbonyl (C=O) groups excluding carboxylic acids is 7. The number of carboxylic acid groups (broad SMARTS) is 1. The first-order valence-electron chi connectivity index (χ1n) is 16.8. The van der Waals surface area contributed by atoms with Crippen molar-refractivity contribution in [3.8, 4) is 0 Å². The van der Waals surface area contributed by atoms with Gasteiger partial charge < -0.3 is 58.3 Å². The molecular formula is C30H49N11O9. The zero-order valence-corrected chi connectivity index (χ0v) is 28.2. The van der Waals surface area contributed by atoms with Crippen LogP contribution in [0.3, 0.4) is 0 Å². The Labute approximate surface area is 289 Å². The number of nitrogens with two attached hydrogens (primary N) is 2. The van der Waals surface area contributed by atoms with E-state index in [0.717, 1.165) is 6.42 Å². The lowest BCUT2D eigenvalue weighted by Gasteiger charge is -2.27. The Morgan fingerprint density at radius 3 is 2.08 bits per heavy atom. The molecule has 3 rings (SSSR count). The summed E-state index contributed by atoms with van der Waals surface area (Å²) in [5.74, 6) is -5.11. The molecule has 3 heterocycles. The van der Waals surface area contributed by atoms with Crippen molar-refractivity contribution in [1.82, 2.24) is 41.7 Å². The molecule has 50 heavy (non-hydrogen) atoms. The number of nitrogens with one attached hydrogen (secondary N) is 6. The van der Waals surface area contributed by atoms with Crippen LogP contribution in [-0.4, -0.2) is 144 Å². The summed E-state index contributed by atoms with van der Waals surface area (Å²) in [5.41, 5.74) is 10.7. The van der Waals surface area contributed by atoms with Crippen LogP contribution >= 0.6 is 0 Å². The van der Waals surface area contributed by atoms with Gasteiger partial charge in [-0.3, -0.25) is 43.3 Å². The molecule has 0 radical (unpaired) electrons. The standard InChI is InChI=1S/C30H49N11O9/c1-17(29(50)41-13-5-9-21(41)28(49)37-16-24(44)45)38-22(42)14-35-27(48)20-8-4-12-40(20)23(43)15-36-25(46)19(7-3-11-34-30(31)32)39-26(47)18-6-2-10-33-18/h17-21,33H,2-16H2,1H3,(H,35,48)(H,36,46)(H,37,49)(H,38,42)(H,39,47)(H,44,45)(H4,31,32,34)/t17-,18-,19-,20-,21-/m0/s1. The van der Waals surface area contributed by atoms with Gasteiger partial charge in [-0.15, -0.1) is 0 Å². The van der Waals surface area contributed by atoms with Gasteiger partial charge >= 0.3 is 5.97 Å². The highest BCUT2D eigenvalue weighted by Crippen LogP contribution is 2.19. The molecule has 0 spiro atoms. The second-order valence-corrected chi connectivity index (χ2v) is 12.4. The molecule has 7 amide bonds. The van der Waals surface area contributed by atoms with Crippen LogP contribution in [0.2, 0.25) is 0 Å². The number of hydrogen-bond donors (Lipinski definition) is 9. The van der Waals surface area contributed by atoms with Crippen molar-refractivity contribution in [2.24, 2.45) is 16.5 Å². The number of carbonyl (C=O) groups is 8. The summed E-state index contributed by atoms with van der Waals surface area (Å²) in [6.45, 7) is 1.41. The van der Waals surface area contributed by atoms with Crippen molar-refractivity contribution in [2.75, 3.05) is 45.8 Å². The largest absolute Gasteiger partial charge is 0.480 e. The van der Waals surface area contributed by atoms with E-state index in [4.69, 9.17) is 16.6 Å². The molecule has 3 aliphatic heterocycles. The van der Waals surface area contributed by atoms with Crippen LogP contribution in [0.4, 0.5) is 0 Å². The molecule has 3 aliphatic rings. The van der Waals surface area contributed by atoms with Crippen LogP contribution in [0.5, 0.6) is 0 Å². The van der Waals surface area contributed by atoms with E-state index >= 15 is 0 Å². The first-order chi connectivity index (χ1) is 23.8. The zero-order valence-electron chi connectivity index (χ0n) is 28.2. The molecule has 0 aliphatic carbocycles. The van der Waals surface area contributed by atoms with Gasteiger partial charge in [-0.25, -0.2) is 0 Å². The third kappa shape index (κ3) is 11.8. The fourth-order valence-electron chi connectivity index (χ4n) is 6.15. The van der Waals surface area contributed by atoms with Crippen LogP contribution in [0.15, 0.2) is 4.99 Å². The van der Waals surface area contributed by atoms with Gasteiger partial charge in [0, 0.05) is 19.6 Å². The first-order valence-corrected chi connectivity index (χ1v) is 16.8. The maximum Gasteiger partial charge on any atom is 0.322 e. The van der Waals surface area contributed by atoms with E-state index in [-0.39, 0.29) is 37.9 Å². The predicted molar refractivity (Wildman–Crippen MR) is 177 cm³/mol. The Morgan fingerprint density at radius 1 is 0.820 bits per heavy atom. The molecule has 20 heteroatoms. The summed E-state index contributed by atoms with van der Waals surface area (Å²) < 4.78 is 0. The van der Waals surface area contributed by atoms with Gasteiger partial charge in [0.05, 0.1) is 19.1 Å². The highest BCUT2D eigenvalue weighted by Gasteiger charge is 2.37. The van der Waals surface area contributed by atoms with Crippen LogP contribution < -0.4 is 43.4 Å². The van der Waals surface area contributed by atoms with E-state index in [1.54, 1.807) is 0 Å². The summed E-state index contributed by atoms with van der Waals surface area (Å²) in [6, 6.07) is -4.13. The molecule has 0 aromatic rings. The summed E-state index contributed by atoms with van der Waals surface area (Å²) in [5, 5.41) is 24.4. The Bertz CT molecular complexity index is 1320. The number of guanidine groups is 1. The number of hydrogen-bond acceptors (Lipinski definition) is 10. The summed E-state index contributed by atoms with van der Waals surface area (Å²) in [7, 11) is 0. The zero-order chi connectivity index (χ0) is 36.8. The topological polar surface area (TPSA) is 300 Å². The minimum atomic E-state index is -1.22. The van der Waals surface area contributed by atoms with Crippen molar-refractivity contribution in [2.45, 2.75) is 88.5 Å². The monoisotopic (exact) mass is 707 g/mol. The quantitative estimate of drug-likeness (QED) is 0.0391. The number of likely N-dealkylation sites (tertiary alicyclic amines) is 2. The van der Waals surface area contributed by atoms with E-state index < -0.39 is 91.3 Å². The number of aliphatic carboxylic acids is 1. The Hall–Kier alpha value is -5.01. The number of aliphatic imine (C=N–C) groups is 1. The van der Waals surface area contributed by atoms with E-state index in [1.807, 2.05) is 0 Å². The fraction of sp³-hybridized carbons (Fsp3) is 0.700. The molecule has 3 saturated heterocycles. The third-order valence-electron chi connectivity index (χ3n) is 8.67. The van der Waals surface area contributed by atoms with Crippen molar-refractivity contribution in [3.05, 3.63) is 0 Å². The van der Waals surface area contributed by atoms with E-state index in [1.165, 1.54) is 16.7 Å². The van der Waals surface area contributed by atoms with Gasteiger partial charge in [-0.05, 0) is 64.8 Å². The fourth-order valence-corrected chi connectivity index (χ4v) is 6.15. The smallest absolute Gasteiger partial charge is 0.322 e. The van der Waals surface area contributed by atoms with Crippen LogP contribution in [-0.2, 0) is 38.4 Å². The van der Waals surface area contributed by atoms with Gasteiger partial charge in [-0.1, -0.05) is 0 Å². The first kappa shape index (κ1) is 39.4. The molecule has 3 fully saturated rings. The molecule has 0 aromatic heterocycles. The molecule has 278 valence electrons. The van der Waals surface area contributed by atoms with Crippen molar-refractivity contribution >= 4 is 53.3 Å². The number of rotatable bonds is 17. The van der Waals surface area contributed by atoms with Crippen LogP contribution in [0.1, 0.15) is 58.3 Å². The van der Waals surface area contributed by atoms with Gasteiger partial charge in [0.1, 0.15) is 30.7 Å². The third-order valence-corrected chi connectivity index (χ3v) is 8.67. The number of carboxylic acids is 1. The normalized spacial score (nSPS) is 21.0. The van der Waals surface area contributed by atoms with Crippen LogP contribution in [0.25, 0.3) is 0 Å². The maximum absolute atomic E-state index is 13.1. The molecule has 11 N–H and O–H groups in total. The number of amides is 7. The SMILES string of the molecule is C[C@H](NC(=O)CNC(=O)[C@@H]1CCCN1C(=O)CNC(=O)[C@H](CCCN=C(N)N)NC(=O)[C@@H]1CCCN1)C(=O)N1CCC[C@H]1C(=O)NCC(=O)O. The minimum Gasteiger partial charge on any atom is -0.480 e. The maximum atomic E-state index is 13.1. The van der Waals surface area contributed by atoms with Gasteiger partial charge in [-0.2, -0.15) is 0 Å². The second kappa shape index (κ2) is 19.2.